The zero-order valence-electron chi connectivity index (χ0n) is 11.3. The molecule has 104 valence electrons. The van der Waals surface area contributed by atoms with E-state index in [-0.39, 0.29) is 11.5 Å². The van der Waals surface area contributed by atoms with Crippen LogP contribution in [0.25, 0.3) is 0 Å². The minimum atomic E-state index is -0.967. The van der Waals surface area contributed by atoms with Crippen LogP contribution in [0.4, 0.5) is 5.69 Å². The van der Waals surface area contributed by atoms with Gasteiger partial charge in [-0.2, -0.15) is 0 Å². The van der Waals surface area contributed by atoms with Crippen molar-refractivity contribution in [3.05, 3.63) is 40.5 Å². The number of anilines is 1. The smallest absolute Gasteiger partial charge is 0.335 e. The summed E-state index contributed by atoms with van der Waals surface area (Å²) in [5, 5.41) is 12.2. The Morgan fingerprint density at radius 2 is 2.05 bits per heavy atom. The molecule has 1 saturated heterocycles. The number of nitrogens with zero attached hydrogens (tertiary/aromatic N) is 1. The van der Waals surface area contributed by atoms with E-state index in [1.165, 1.54) is 0 Å². The highest BCUT2D eigenvalue weighted by atomic mass is 16.4. The monoisotopic (exact) mass is 272 g/mol. The molecule has 0 unspecified atom stereocenters. The maximum Gasteiger partial charge on any atom is 0.335 e. The lowest BCUT2D eigenvalue weighted by atomic mass is 10.0. The van der Waals surface area contributed by atoms with Crippen LogP contribution in [-0.4, -0.2) is 36.6 Å². The van der Waals surface area contributed by atoms with E-state index in [1.54, 1.807) is 23.1 Å². The van der Waals surface area contributed by atoms with Crippen LogP contribution in [0.5, 0.6) is 0 Å². The Labute approximate surface area is 116 Å². The van der Waals surface area contributed by atoms with Gasteiger partial charge in [-0.25, -0.2) is 4.79 Å². The molecule has 0 aliphatic carbocycles. The van der Waals surface area contributed by atoms with E-state index in [1.807, 2.05) is 6.92 Å². The summed E-state index contributed by atoms with van der Waals surface area (Å²) in [6.45, 7) is 4.01. The molecule has 2 aliphatic heterocycles. The molecule has 1 aromatic carbocycles. The van der Waals surface area contributed by atoms with E-state index < -0.39 is 5.97 Å². The Morgan fingerprint density at radius 3 is 2.65 bits per heavy atom. The van der Waals surface area contributed by atoms with Crippen molar-refractivity contribution < 1.29 is 14.7 Å². The first-order chi connectivity index (χ1) is 9.58. The van der Waals surface area contributed by atoms with Gasteiger partial charge in [0.05, 0.1) is 5.56 Å². The van der Waals surface area contributed by atoms with Crippen LogP contribution >= 0.6 is 0 Å². The fourth-order valence-corrected chi connectivity index (χ4v) is 2.59. The Morgan fingerprint density at radius 1 is 1.30 bits per heavy atom. The van der Waals surface area contributed by atoms with Crippen molar-refractivity contribution in [2.24, 2.45) is 0 Å². The molecule has 0 spiro atoms. The van der Waals surface area contributed by atoms with E-state index >= 15 is 0 Å². The number of carboxylic acid groups (broad SMARTS) is 1. The molecular formula is C15H16N2O3. The molecule has 0 saturated carbocycles. The van der Waals surface area contributed by atoms with Crippen LogP contribution in [0.2, 0.25) is 0 Å². The summed E-state index contributed by atoms with van der Waals surface area (Å²) in [6, 6.07) is 5.00. The van der Waals surface area contributed by atoms with Crippen LogP contribution in [0.3, 0.4) is 0 Å². The molecule has 5 heteroatoms. The molecule has 0 atom stereocenters. The van der Waals surface area contributed by atoms with Gasteiger partial charge in [-0.1, -0.05) is 6.07 Å². The number of aromatic carboxylic acids is 1. The lowest BCUT2D eigenvalue weighted by Crippen LogP contribution is -2.38. The number of benzene rings is 1. The van der Waals surface area contributed by atoms with E-state index in [0.29, 0.717) is 6.54 Å². The molecule has 20 heavy (non-hydrogen) atoms. The van der Waals surface area contributed by atoms with Crippen LogP contribution in [0.15, 0.2) is 29.3 Å². The number of carboxylic acids is 1. The predicted octanol–water partition coefficient (Wildman–Crippen LogP) is 1.19. The second-order valence-corrected chi connectivity index (χ2v) is 5.19. The van der Waals surface area contributed by atoms with Crippen LogP contribution < -0.4 is 10.2 Å². The molecular weight excluding hydrogens is 256 g/mol. The molecule has 0 radical (unpaired) electrons. The van der Waals surface area contributed by atoms with Crippen molar-refractivity contribution in [3.8, 4) is 0 Å². The third-order valence-corrected chi connectivity index (χ3v) is 4.00. The van der Waals surface area contributed by atoms with Gasteiger partial charge in [0, 0.05) is 30.9 Å². The first-order valence-electron chi connectivity index (χ1n) is 6.65. The summed E-state index contributed by atoms with van der Waals surface area (Å²) in [5.41, 5.74) is 3.91. The summed E-state index contributed by atoms with van der Waals surface area (Å²) >= 11 is 0. The highest BCUT2D eigenvalue weighted by Crippen LogP contribution is 2.30. The van der Waals surface area contributed by atoms with Gasteiger partial charge >= 0.3 is 5.97 Å². The van der Waals surface area contributed by atoms with E-state index in [9.17, 15) is 9.59 Å². The van der Waals surface area contributed by atoms with E-state index in [0.717, 1.165) is 41.9 Å². The summed E-state index contributed by atoms with van der Waals surface area (Å²) in [7, 11) is 0. The summed E-state index contributed by atoms with van der Waals surface area (Å²) < 4.78 is 0. The number of hydrogen-bond donors (Lipinski definition) is 2. The second-order valence-electron chi connectivity index (χ2n) is 5.19. The normalized spacial score (nSPS) is 16.6. The minimum absolute atomic E-state index is 0.0113. The van der Waals surface area contributed by atoms with Crippen molar-refractivity contribution in [1.82, 2.24) is 5.32 Å². The number of carbonyl (C=O) groups is 2. The van der Waals surface area contributed by atoms with Gasteiger partial charge in [-0.3, -0.25) is 4.79 Å². The Kier molecular flexibility index (Phi) is 3.06. The van der Waals surface area contributed by atoms with Gasteiger partial charge < -0.3 is 15.3 Å². The van der Waals surface area contributed by atoms with Gasteiger partial charge in [-0.05, 0) is 36.6 Å². The minimum Gasteiger partial charge on any atom is -0.478 e. The quantitative estimate of drug-likeness (QED) is 0.794. The topological polar surface area (TPSA) is 69.6 Å². The lowest BCUT2D eigenvalue weighted by Gasteiger charge is -2.25. The van der Waals surface area contributed by atoms with Gasteiger partial charge in [0.1, 0.15) is 0 Å². The fraction of sp³-hybridized carbons (Fsp3) is 0.333. The second kappa shape index (κ2) is 4.76. The number of amides is 1. The number of nitrogens with one attached hydrogen (secondary N) is 1. The largest absolute Gasteiger partial charge is 0.478 e. The van der Waals surface area contributed by atoms with Crippen LogP contribution in [-0.2, 0) is 11.2 Å². The predicted molar refractivity (Wildman–Crippen MR) is 75.0 cm³/mol. The molecule has 1 fully saturated rings. The van der Waals surface area contributed by atoms with Gasteiger partial charge in [0.2, 0.25) is 0 Å². The molecule has 3 rings (SSSR count). The number of hydrogen-bond acceptors (Lipinski definition) is 3. The van der Waals surface area contributed by atoms with Crippen molar-refractivity contribution in [2.45, 2.75) is 13.3 Å². The highest BCUT2D eigenvalue weighted by Gasteiger charge is 2.28. The average molecular weight is 272 g/mol. The van der Waals surface area contributed by atoms with Gasteiger partial charge in [-0.15, -0.1) is 0 Å². The molecule has 5 nitrogen and oxygen atoms in total. The molecule has 2 aliphatic rings. The fourth-order valence-electron chi connectivity index (χ4n) is 2.59. The zero-order chi connectivity index (χ0) is 14.3. The SMILES string of the molecule is CC(C(=O)N1CCc2ccc(C(=O)O)cc21)=C1CNC1. The molecule has 2 N–H and O–H groups in total. The highest BCUT2D eigenvalue weighted by molar-refractivity contribution is 6.07. The van der Waals surface area contributed by atoms with Crippen molar-refractivity contribution in [1.29, 1.82) is 0 Å². The first-order valence-corrected chi connectivity index (χ1v) is 6.65. The Hall–Kier alpha value is -2.14. The molecule has 1 amide bonds. The number of carbonyl (C=O) groups excluding carboxylic acids is 1. The van der Waals surface area contributed by atoms with E-state index in [4.69, 9.17) is 5.11 Å². The number of rotatable bonds is 2. The van der Waals surface area contributed by atoms with E-state index in [2.05, 4.69) is 5.32 Å². The molecule has 2 heterocycles. The number of fused-ring (bicyclic) bond motifs is 1. The third kappa shape index (κ3) is 2.00. The standard InChI is InChI=1S/C15H16N2O3/c1-9(12-7-16-8-12)14(18)17-5-4-10-2-3-11(15(19)20)6-13(10)17/h2-3,6,16H,4-5,7-8H2,1H3,(H,19,20). The summed E-state index contributed by atoms with van der Waals surface area (Å²) in [4.78, 5) is 25.3. The van der Waals surface area contributed by atoms with Crippen LogP contribution in [0, 0.1) is 0 Å². The molecule has 0 bridgehead atoms. The van der Waals surface area contributed by atoms with Crippen molar-refractivity contribution in [2.75, 3.05) is 24.5 Å². The first kappa shape index (κ1) is 12.9. The average Bonchev–Trinajstić information content (AvgIpc) is 2.78. The van der Waals surface area contributed by atoms with Crippen molar-refractivity contribution >= 4 is 17.6 Å². The summed E-state index contributed by atoms with van der Waals surface area (Å²) in [5.74, 6) is -0.979. The van der Waals surface area contributed by atoms with Crippen molar-refractivity contribution in [3.63, 3.8) is 0 Å². The molecule has 1 aromatic rings. The van der Waals surface area contributed by atoms with Crippen LogP contribution in [0.1, 0.15) is 22.8 Å². The zero-order valence-corrected chi connectivity index (χ0v) is 11.3. The Balaban J connectivity index is 1.94. The van der Waals surface area contributed by atoms with Gasteiger partial charge in [0.15, 0.2) is 0 Å². The Bertz CT molecular complexity index is 628. The maximum absolute atomic E-state index is 12.5. The van der Waals surface area contributed by atoms with Gasteiger partial charge in [0.25, 0.3) is 5.91 Å². The lowest BCUT2D eigenvalue weighted by molar-refractivity contribution is -0.115. The third-order valence-electron chi connectivity index (χ3n) is 4.00. The maximum atomic E-state index is 12.5. The summed E-state index contributed by atoms with van der Waals surface area (Å²) in [6.07, 6.45) is 0.780. The molecule has 0 aromatic heterocycles.